The molecule has 2 heterocycles. The van der Waals surface area contributed by atoms with Crippen molar-refractivity contribution in [2.75, 3.05) is 0 Å². The highest BCUT2D eigenvalue weighted by atomic mass is 32.1. The molecule has 4 bridgehead atoms. The molecule has 0 saturated carbocycles. The summed E-state index contributed by atoms with van der Waals surface area (Å²) in [5, 5.41) is 5.23. The fourth-order valence-electron chi connectivity index (χ4n) is 7.15. The molecule has 7 aromatic rings. The molecule has 0 saturated heterocycles. The van der Waals surface area contributed by atoms with Gasteiger partial charge in [-0.3, -0.25) is 4.98 Å². The van der Waals surface area contributed by atoms with E-state index >= 15 is 0 Å². The van der Waals surface area contributed by atoms with Crippen molar-refractivity contribution in [2.45, 2.75) is 58.8 Å². The van der Waals surface area contributed by atoms with Gasteiger partial charge >= 0.3 is 0 Å². The standard InChI is InChI=1S/C42H37NS/c1-26-33(37-23-29-14-13-27-9-11-28(12-10-27)15-17-30(37)18-16-29)19-20-35-36-21-22-43-39(41(36)44-40(26)35)32-24-31-7-5-6-8-34(31)38(25-32)42(2,3)4/h5-12,16,18-25H,13-15,17H2,1-4H3. The second-order valence-corrected chi connectivity index (χ2v) is 14.6. The summed E-state index contributed by atoms with van der Waals surface area (Å²) < 4.78 is 2.65. The maximum Gasteiger partial charge on any atom is 0.0880 e. The van der Waals surface area contributed by atoms with Crippen molar-refractivity contribution in [1.82, 2.24) is 4.98 Å². The van der Waals surface area contributed by atoms with Gasteiger partial charge in [0.15, 0.2) is 0 Å². The largest absolute Gasteiger partial charge is 0.255 e. The predicted octanol–water partition coefficient (Wildman–Crippen LogP) is 11.4. The predicted molar refractivity (Wildman–Crippen MR) is 190 cm³/mol. The number of thiophene rings is 1. The number of fused-ring (bicyclic) bond motifs is 4. The first kappa shape index (κ1) is 27.3. The Kier molecular flexibility index (Phi) is 6.46. The van der Waals surface area contributed by atoms with Crippen molar-refractivity contribution in [2.24, 2.45) is 0 Å². The normalized spacial score (nSPS) is 13.5. The summed E-state index contributed by atoms with van der Waals surface area (Å²) in [5.41, 5.74) is 13.5. The maximum atomic E-state index is 5.02. The second kappa shape index (κ2) is 10.4. The Morgan fingerprint density at radius 3 is 2.11 bits per heavy atom. The van der Waals surface area contributed by atoms with Crippen LogP contribution in [0.1, 0.15) is 54.2 Å². The van der Waals surface area contributed by atoms with E-state index in [2.05, 4.69) is 125 Å². The highest BCUT2D eigenvalue weighted by Crippen LogP contribution is 2.44. The van der Waals surface area contributed by atoms with Gasteiger partial charge in [0.2, 0.25) is 0 Å². The third-order valence-electron chi connectivity index (χ3n) is 9.62. The number of hydrogen-bond donors (Lipinski definition) is 0. The molecule has 44 heavy (non-hydrogen) atoms. The Labute approximate surface area is 264 Å². The van der Waals surface area contributed by atoms with E-state index in [4.69, 9.17) is 4.98 Å². The summed E-state index contributed by atoms with van der Waals surface area (Å²) in [6, 6.07) is 36.9. The van der Waals surface area contributed by atoms with Gasteiger partial charge in [0.25, 0.3) is 0 Å². The number of aryl methyl sites for hydroxylation is 5. The maximum absolute atomic E-state index is 5.02. The molecule has 0 fully saturated rings. The van der Waals surface area contributed by atoms with Crippen LogP contribution in [0.3, 0.4) is 0 Å². The fraction of sp³-hybridized carbons (Fsp3) is 0.214. The second-order valence-electron chi connectivity index (χ2n) is 13.6. The van der Waals surface area contributed by atoms with Gasteiger partial charge in [0.05, 0.1) is 10.4 Å². The van der Waals surface area contributed by atoms with Crippen molar-refractivity contribution < 1.29 is 0 Å². The Morgan fingerprint density at radius 1 is 0.614 bits per heavy atom. The number of aromatic nitrogens is 1. The van der Waals surface area contributed by atoms with Crippen molar-refractivity contribution >= 4 is 42.3 Å². The van der Waals surface area contributed by atoms with Crippen LogP contribution in [0.2, 0.25) is 0 Å². The molecule has 0 atom stereocenters. The third-order valence-corrected chi connectivity index (χ3v) is 11.0. The summed E-state index contributed by atoms with van der Waals surface area (Å²) >= 11 is 1.91. The molecule has 0 aliphatic heterocycles. The van der Waals surface area contributed by atoms with Crippen molar-refractivity contribution in [3.63, 3.8) is 0 Å². The molecule has 1 nitrogen and oxygen atoms in total. The number of hydrogen-bond acceptors (Lipinski definition) is 2. The van der Waals surface area contributed by atoms with Crippen LogP contribution >= 0.6 is 11.3 Å². The first-order valence-corrected chi connectivity index (χ1v) is 16.7. The van der Waals surface area contributed by atoms with Gasteiger partial charge in [0.1, 0.15) is 0 Å². The molecule has 0 N–H and O–H groups in total. The number of benzene rings is 5. The van der Waals surface area contributed by atoms with Crippen LogP contribution in [0.5, 0.6) is 0 Å². The zero-order chi connectivity index (χ0) is 30.0. The third kappa shape index (κ3) is 4.64. The molecule has 4 aliphatic carbocycles. The Hall–Kier alpha value is -4.27. The van der Waals surface area contributed by atoms with E-state index in [1.165, 1.54) is 81.0 Å². The van der Waals surface area contributed by atoms with Gasteiger partial charge in [-0.05, 0) is 112 Å². The molecular weight excluding hydrogens is 551 g/mol. The number of pyridine rings is 1. The summed E-state index contributed by atoms with van der Waals surface area (Å²) in [7, 11) is 0. The van der Waals surface area contributed by atoms with Crippen LogP contribution in [-0.2, 0) is 31.1 Å². The quantitative estimate of drug-likeness (QED) is 0.196. The number of rotatable bonds is 2. The minimum atomic E-state index is 0.0311. The summed E-state index contributed by atoms with van der Waals surface area (Å²) in [5.74, 6) is 0. The molecule has 216 valence electrons. The zero-order valence-corrected chi connectivity index (χ0v) is 26.8. The molecule has 5 aromatic carbocycles. The molecular formula is C42H37NS. The zero-order valence-electron chi connectivity index (χ0n) is 26.0. The smallest absolute Gasteiger partial charge is 0.0880 e. The summed E-state index contributed by atoms with van der Waals surface area (Å²) in [6.07, 6.45) is 6.25. The Balaban J connectivity index is 1.29. The lowest BCUT2D eigenvalue weighted by molar-refractivity contribution is 0.596. The molecule has 2 aromatic heterocycles. The van der Waals surface area contributed by atoms with E-state index in [9.17, 15) is 0 Å². The number of nitrogens with zero attached hydrogens (tertiary/aromatic N) is 1. The van der Waals surface area contributed by atoms with E-state index in [0.29, 0.717) is 0 Å². The molecule has 2 heteroatoms. The van der Waals surface area contributed by atoms with E-state index in [-0.39, 0.29) is 5.41 Å². The van der Waals surface area contributed by atoms with Gasteiger partial charge < -0.3 is 0 Å². The van der Waals surface area contributed by atoms with Crippen LogP contribution in [0.15, 0.2) is 103 Å². The minimum absolute atomic E-state index is 0.0311. The van der Waals surface area contributed by atoms with Gasteiger partial charge in [0, 0.05) is 27.2 Å². The van der Waals surface area contributed by atoms with Gasteiger partial charge in [-0.1, -0.05) is 99.6 Å². The highest BCUT2D eigenvalue weighted by Gasteiger charge is 2.21. The van der Waals surface area contributed by atoms with Crippen molar-refractivity contribution in [3.8, 4) is 22.4 Å². The minimum Gasteiger partial charge on any atom is -0.255 e. The van der Waals surface area contributed by atoms with Crippen LogP contribution in [0, 0.1) is 6.92 Å². The lowest BCUT2D eigenvalue weighted by Crippen LogP contribution is -2.12. The topological polar surface area (TPSA) is 12.9 Å². The van der Waals surface area contributed by atoms with Crippen LogP contribution < -0.4 is 0 Å². The molecule has 0 unspecified atom stereocenters. The fourth-order valence-corrected chi connectivity index (χ4v) is 8.46. The van der Waals surface area contributed by atoms with Crippen molar-refractivity contribution in [1.29, 1.82) is 0 Å². The average molecular weight is 588 g/mol. The summed E-state index contributed by atoms with van der Waals surface area (Å²) in [4.78, 5) is 5.02. The SMILES string of the molecule is Cc1c(-c2cc3ccc2CCc2ccc(cc2)CC3)ccc2c1sc1c(-c3cc(C(C)(C)C)c4ccccc4c3)nccc12. The Morgan fingerprint density at radius 2 is 1.32 bits per heavy atom. The molecule has 11 rings (SSSR count). The monoisotopic (exact) mass is 587 g/mol. The molecule has 4 aliphatic rings. The van der Waals surface area contributed by atoms with Gasteiger partial charge in [-0.2, -0.15) is 0 Å². The van der Waals surface area contributed by atoms with Gasteiger partial charge in [-0.25, -0.2) is 0 Å². The van der Waals surface area contributed by atoms with Crippen LogP contribution in [0.25, 0.3) is 53.3 Å². The molecule has 0 spiro atoms. The van der Waals surface area contributed by atoms with Crippen LogP contribution in [0.4, 0.5) is 0 Å². The van der Waals surface area contributed by atoms with Crippen LogP contribution in [-0.4, -0.2) is 4.98 Å². The lowest BCUT2D eigenvalue weighted by Gasteiger charge is -2.22. The van der Waals surface area contributed by atoms with E-state index in [1.54, 1.807) is 0 Å². The molecule has 0 amide bonds. The molecule has 0 radical (unpaired) electrons. The summed E-state index contributed by atoms with van der Waals surface area (Å²) in [6.45, 7) is 9.25. The highest BCUT2D eigenvalue weighted by molar-refractivity contribution is 7.26. The van der Waals surface area contributed by atoms with E-state index < -0.39 is 0 Å². The van der Waals surface area contributed by atoms with E-state index in [1.807, 2.05) is 17.5 Å². The van der Waals surface area contributed by atoms with Gasteiger partial charge in [-0.15, -0.1) is 11.3 Å². The Bertz CT molecular complexity index is 2210. The lowest BCUT2D eigenvalue weighted by atomic mass is 9.82. The first-order chi connectivity index (χ1) is 21.3. The average Bonchev–Trinajstić information content (AvgIpc) is 3.41. The van der Waals surface area contributed by atoms with Crippen molar-refractivity contribution in [3.05, 3.63) is 137 Å². The first-order valence-electron chi connectivity index (χ1n) is 15.9. The van der Waals surface area contributed by atoms with E-state index in [0.717, 1.165) is 31.4 Å².